The molecule has 1 aromatic rings. The minimum Gasteiger partial charge on any atom is -0.396 e. The summed E-state index contributed by atoms with van der Waals surface area (Å²) >= 11 is 0. The van der Waals surface area contributed by atoms with E-state index in [1.807, 2.05) is 0 Å². The Hall–Kier alpha value is -1.18. The third-order valence-corrected chi connectivity index (χ3v) is 5.00. The highest BCUT2D eigenvalue weighted by atomic mass is 32.2. The van der Waals surface area contributed by atoms with Gasteiger partial charge in [-0.15, -0.1) is 0 Å². The van der Waals surface area contributed by atoms with E-state index in [0.717, 1.165) is 6.42 Å². The average molecular weight is 302 g/mol. The molecule has 1 atom stereocenters. The number of benzene rings is 1. The van der Waals surface area contributed by atoms with E-state index in [1.54, 1.807) is 6.92 Å². The first kappa shape index (κ1) is 15.2. The second-order valence-corrected chi connectivity index (χ2v) is 6.79. The van der Waals surface area contributed by atoms with Crippen LogP contribution < -0.4 is 4.72 Å². The Morgan fingerprint density at radius 3 is 2.90 bits per heavy atom. The molecule has 1 unspecified atom stereocenters. The summed E-state index contributed by atoms with van der Waals surface area (Å²) in [6, 6.07) is 4.23. The summed E-state index contributed by atoms with van der Waals surface area (Å²) in [5.41, 5.74) is 0.672. The Morgan fingerprint density at radius 2 is 2.25 bits per heavy atom. The molecule has 0 aliphatic carbocycles. The molecule has 0 aromatic heterocycles. The van der Waals surface area contributed by atoms with Gasteiger partial charge in [0.2, 0.25) is 0 Å². The molecule has 0 bridgehead atoms. The number of aryl methyl sites for hydroxylation is 1. The normalized spacial score (nSPS) is 20.9. The van der Waals surface area contributed by atoms with Crippen LogP contribution in [0.4, 0.5) is 10.1 Å². The molecule has 0 saturated carbocycles. The third-order valence-electron chi connectivity index (χ3n) is 3.50. The molecule has 1 aliphatic heterocycles. The molecule has 0 amide bonds. The Balaban J connectivity index is 2.12. The number of hydrogen-bond acceptors (Lipinski definition) is 3. The molecule has 2 N–H and O–H groups in total. The smallest absolute Gasteiger partial charge is 0.301 e. The standard InChI is InChI=1S/C13H19FN2O3S/c1-10-4-5-12(7-13(10)14)15-20(18,19)16-6-2-3-11(8-16)9-17/h4-5,7,11,15,17H,2-3,6,8-9H2,1H3. The van der Waals surface area contributed by atoms with Crippen LogP contribution in [-0.4, -0.2) is 37.5 Å². The van der Waals surface area contributed by atoms with E-state index in [4.69, 9.17) is 5.11 Å². The van der Waals surface area contributed by atoms with Crippen LogP contribution in [0.25, 0.3) is 0 Å². The maximum atomic E-state index is 13.4. The summed E-state index contributed by atoms with van der Waals surface area (Å²) in [6.07, 6.45) is 1.54. The summed E-state index contributed by atoms with van der Waals surface area (Å²) in [7, 11) is -3.70. The topological polar surface area (TPSA) is 69.6 Å². The van der Waals surface area contributed by atoms with Gasteiger partial charge in [0, 0.05) is 19.7 Å². The third kappa shape index (κ3) is 3.47. The van der Waals surface area contributed by atoms with Crippen molar-refractivity contribution in [2.24, 2.45) is 5.92 Å². The summed E-state index contributed by atoms with van der Waals surface area (Å²) in [5.74, 6) is -0.479. The summed E-state index contributed by atoms with van der Waals surface area (Å²) in [4.78, 5) is 0. The van der Waals surface area contributed by atoms with Crippen molar-refractivity contribution < 1.29 is 17.9 Å². The van der Waals surface area contributed by atoms with Gasteiger partial charge in [-0.2, -0.15) is 12.7 Å². The molecule has 1 heterocycles. The van der Waals surface area contributed by atoms with Gasteiger partial charge in [-0.25, -0.2) is 4.39 Å². The average Bonchev–Trinajstić information content (AvgIpc) is 2.43. The summed E-state index contributed by atoms with van der Waals surface area (Å²) < 4.78 is 41.6. The van der Waals surface area contributed by atoms with Crippen molar-refractivity contribution in [3.8, 4) is 0 Å². The highest BCUT2D eigenvalue weighted by Gasteiger charge is 2.28. The number of hydrogen-bond donors (Lipinski definition) is 2. The van der Waals surface area contributed by atoms with Crippen LogP contribution in [0.3, 0.4) is 0 Å². The van der Waals surface area contributed by atoms with Crippen molar-refractivity contribution in [2.75, 3.05) is 24.4 Å². The molecule has 1 fully saturated rings. The molecular weight excluding hydrogens is 283 g/mol. The monoisotopic (exact) mass is 302 g/mol. The van der Waals surface area contributed by atoms with Crippen molar-refractivity contribution in [2.45, 2.75) is 19.8 Å². The SMILES string of the molecule is Cc1ccc(NS(=O)(=O)N2CCCC(CO)C2)cc1F. The van der Waals surface area contributed by atoms with Crippen LogP contribution >= 0.6 is 0 Å². The lowest BCUT2D eigenvalue weighted by Crippen LogP contribution is -2.43. The lowest BCUT2D eigenvalue weighted by Gasteiger charge is -2.31. The van der Waals surface area contributed by atoms with Gasteiger partial charge in [-0.3, -0.25) is 4.72 Å². The first-order valence-electron chi connectivity index (χ1n) is 6.57. The van der Waals surface area contributed by atoms with Gasteiger partial charge in [0.05, 0.1) is 5.69 Å². The molecule has 1 aliphatic rings. The molecule has 1 saturated heterocycles. The van der Waals surface area contributed by atoms with E-state index < -0.39 is 16.0 Å². The molecular formula is C13H19FN2O3S. The van der Waals surface area contributed by atoms with Crippen LogP contribution in [0.15, 0.2) is 18.2 Å². The highest BCUT2D eigenvalue weighted by Crippen LogP contribution is 2.21. The Bertz CT molecular complexity index is 577. The lowest BCUT2D eigenvalue weighted by molar-refractivity contribution is 0.166. The van der Waals surface area contributed by atoms with Gasteiger partial charge in [-0.1, -0.05) is 6.07 Å². The summed E-state index contributed by atoms with van der Waals surface area (Å²) in [6.45, 7) is 2.30. The first-order valence-corrected chi connectivity index (χ1v) is 8.01. The van der Waals surface area contributed by atoms with E-state index in [1.165, 1.54) is 22.5 Å². The van der Waals surface area contributed by atoms with Gasteiger partial charge >= 0.3 is 10.2 Å². The lowest BCUT2D eigenvalue weighted by atomic mass is 10.0. The number of aliphatic hydroxyl groups excluding tert-OH is 1. The van der Waals surface area contributed by atoms with Gasteiger partial charge in [-0.05, 0) is 43.4 Å². The second kappa shape index (κ2) is 6.07. The first-order chi connectivity index (χ1) is 9.42. The highest BCUT2D eigenvalue weighted by molar-refractivity contribution is 7.90. The van der Waals surface area contributed by atoms with Crippen LogP contribution in [0.1, 0.15) is 18.4 Å². The van der Waals surface area contributed by atoms with Crippen molar-refractivity contribution in [1.82, 2.24) is 4.31 Å². The molecule has 1 aromatic carbocycles. The fourth-order valence-electron chi connectivity index (χ4n) is 2.26. The number of halogens is 1. The van der Waals surface area contributed by atoms with Crippen molar-refractivity contribution in [1.29, 1.82) is 0 Å². The number of nitrogens with one attached hydrogen (secondary N) is 1. The van der Waals surface area contributed by atoms with Crippen LogP contribution in [0.5, 0.6) is 0 Å². The minimum atomic E-state index is -3.70. The maximum Gasteiger partial charge on any atom is 0.301 e. The minimum absolute atomic E-state index is 0.0226. The Labute approximate surface area is 118 Å². The largest absolute Gasteiger partial charge is 0.396 e. The Morgan fingerprint density at radius 1 is 1.50 bits per heavy atom. The van der Waals surface area contributed by atoms with Gasteiger partial charge in [0.15, 0.2) is 0 Å². The van der Waals surface area contributed by atoms with Crippen molar-refractivity contribution >= 4 is 15.9 Å². The predicted octanol–water partition coefficient (Wildman–Crippen LogP) is 1.50. The van der Waals surface area contributed by atoms with Crippen LogP contribution in [0.2, 0.25) is 0 Å². The zero-order valence-corrected chi connectivity index (χ0v) is 12.2. The zero-order valence-electron chi connectivity index (χ0n) is 11.3. The zero-order chi connectivity index (χ0) is 14.8. The quantitative estimate of drug-likeness (QED) is 0.885. The van der Waals surface area contributed by atoms with Crippen LogP contribution in [0, 0.1) is 18.7 Å². The predicted molar refractivity (Wildman–Crippen MR) is 75.1 cm³/mol. The van der Waals surface area contributed by atoms with E-state index in [0.29, 0.717) is 25.1 Å². The van der Waals surface area contributed by atoms with Crippen LogP contribution in [-0.2, 0) is 10.2 Å². The maximum absolute atomic E-state index is 13.4. The molecule has 20 heavy (non-hydrogen) atoms. The fraction of sp³-hybridized carbons (Fsp3) is 0.538. The number of anilines is 1. The Kier molecular flexibility index (Phi) is 4.62. The van der Waals surface area contributed by atoms with E-state index in [-0.39, 0.29) is 18.2 Å². The molecule has 112 valence electrons. The second-order valence-electron chi connectivity index (χ2n) is 5.12. The van der Waals surface area contributed by atoms with Crippen molar-refractivity contribution in [3.63, 3.8) is 0 Å². The number of piperidine rings is 1. The van der Waals surface area contributed by atoms with Gasteiger partial charge in [0.1, 0.15) is 5.82 Å². The van der Waals surface area contributed by atoms with E-state index >= 15 is 0 Å². The molecule has 0 radical (unpaired) electrons. The molecule has 7 heteroatoms. The van der Waals surface area contributed by atoms with Crippen molar-refractivity contribution in [3.05, 3.63) is 29.6 Å². The van der Waals surface area contributed by atoms with E-state index in [9.17, 15) is 12.8 Å². The summed E-state index contributed by atoms with van der Waals surface area (Å²) in [5, 5.41) is 9.14. The molecule has 2 rings (SSSR count). The van der Waals surface area contributed by atoms with Gasteiger partial charge in [0.25, 0.3) is 0 Å². The van der Waals surface area contributed by atoms with E-state index in [2.05, 4.69) is 4.72 Å². The molecule has 0 spiro atoms. The number of aliphatic hydroxyl groups is 1. The van der Waals surface area contributed by atoms with Gasteiger partial charge < -0.3 is 5.11 Å². The number of rotatable bonds is 4. The molecule has 5 nitrogen and oxygen atoms in total. The fourth-order valence-corrected chi connectivity index (χ4v) is 3.59. The number of nitrogens with zero attached hydrogens (tertiary/aromatic N) is 1.